The number of halogens is 3. The van der Waals surface area contributed by atoms with Crippen LogP contribution in [0.3, 0.4) is 0 Å². The molecule has 0 spiro atoms. The molecule has 6 nitrogen and oxygen atoms in total. The minimum absolute atomic E-state index is 0.00491. The highest BCUT2D eigenvalue weighted by Crippen LogP contribution is 2.31. The van der Waals surface area contributed by atoms with Crippen LogP contribution in [-0.2, 0) is 16.0 Å². The van der Waals surface area contributed by atoms with Gasteiger partial charge in [-0.25, -0.2) is 13.4 Å². The summed E-state index contributed by atoms with van der Waals surface area (Å²) in [6, 6.07) is 12.7. The van der Waals surface area contributed by atoms with Gasteiger partial charge in [0.25, 0.3) is 5.91 Å². The Labute approximate surface area is 186 Å². The van der Waals surface area contributed by atoms with Crippen molar-refractivity contribution in [2.24, 2.45) is 0 Å². The van der Waals surface area contributed by atoms with Gasteiger partial charge in [0.2, 0.25) is 0 Å². The van der Waals surface area contributed by atoms with Gasteiger partial charge < -0.3 is 10.4 Å². The van der Waals surface area contributed by atoms with Crippen LogP contribution >= 0.6 is 11.8 Å². The van der Waals surface area contributed by atoms with E-state index in [1.807, 2.05) is 0 Å². The Morgan fingerprint density at radius 3 is 2.53 bits per heavy atom. The molecule has 0 fully saturated rings. The summed E-state index contributed by atoms with van der Waals surface area (Å²) < 4.78 is 63.6. The van der Waals surface area contributed by atoms with E-state index in [2.05, 4.69) is 10.3 Å². The Morgan fingerprint density at radius 2 is 1.81 bits per heavy atom. The summed E-state index contributed by atoms with van der Waals surface area (Å²) in [5.74, 6) is -1.21. The van der Waals surface area contributed by atoms with Gasteiger partial charge in [-0.1, -0.05) is 18.2 Å². The summed E-state index contributed by atoms with van der Waals surface area (Å²) in [5.41, 5.74) is -0.674. The number of hydrogen-bond acceptors (Lipinski definition) is 6. The van der Waals surface area contributed by atoms with Crippen LogP contribution < -0.4 is 5.32 Å². The third-order valence-corrected chi connectivity index (χ3v) is 7.26. The van der Waals surface area contributed by atoms with Crippen LogP contribution in [0, 0.1) is 0 Å². The molecule has 2 N–H and O–H groups in total. The number of amides is 1. The number of sulfone groups is 1. The lowest BCUT2D eigenvalue weighted by Crippen LogP contribution is -2.14. The van der Waals surface area contributed by atoms with Gasteiger partial charge in [0, 0.05) is 11.9 Å². The second-order valence-corrected chi connectivity index (χ2v) is 9.71. The van der Waals surface area contributed by atoms with Crippen molar-refractivity contribution in [3.05, 3.63) is 78.0 Å². The fourth-order valence-electron chi connectivity index (χ4n) is 2.69. The lowest BCUT2D eigenvalue weighted by Gasteiger charge is -2.11. The molecule has 0 aliphatic heterocycles. The Balaban J connectivity index is 1.69. The molecule has 2 aromatic carbocycles. The summed E-state index contributed by atoms with van der Waals surface area (Å²) in [6.07, 6.45) is -3.19. The molecule has 1 aromatic heterocycles. The number of aromatic hydroxyl groups is 1. The monoisotopic (exact) mass is 482 g/mol. The number of phenolic OH excluding ortho intramolecular Hbond substituents is 1. The van der Waals surface area contributed by atoms with Crippen LogP contribution in [0.4, 0.5) is 18.9 Å². The standard InChI is InChI=1S/C21H17F3N2O4S2/c22-21(23,24)14-5-3-6-15(13-14)32(29,30)12-11-31-20-17(8-4-10-25-20)26-19(28)16-7-1-2-9-18(16)27/h1-10,13,27H,11-12H2,(H,26,28). The van der Waals surface area contributed by atoms with E-state index in [-0.39, 0.29) is 17.1 Å². The maximum Gasteiger partial charge on any atom is 0.416 e. The number of pyridine rings is 1. The second-order valence-electron chi connectivity index (χ2n) is 6.52. The maximum absolute atomic E-state index is 12.9. The smallest absolute Gasteiger partial charge is 0.416 e. The molecule has 1 heterocycles. The number of phenols is 1. The van der Waals surface area contributed by atoms with Crippen molar-refractivity contribution in [1.29, 1.82) is 0 Å². The Bertz CT molecular complexity index is 1230. The fraction of sp³-hybridized carbons (Fsp3) is 0.143. The molecule has 32 heavy (non-hydrogen) atoms. The number of alkyl halides is 3. The van der Waals surface area contributed by atoms with E-state index in [0.717, 1.165) is 30.0 Å². The molecule has 0 saturated heterocycles. The zero-order valence-corrected chi connectivity index (χ0v) is 18.0. The van der Waals surface area contributed by atoms with E-state index in [4.69, 9.17) is 0 Å². The molecule has 3 aromatic rings. The van der Waals surface area contributed by atoms with E-state index in [9.17, 15) is 31.5 Å². The summed E-state index contributed by atoms with van der Waals surface area (Å²) in [4.78, 5) is 16.1. The van der Waals surface area contributed by atoms with Crippen LogP contribution in [0.25, 0.3) is 0 Å². The predicted molar refractivity (Wildman–Crippen MR) is 115 cm³/mol. The van der Waals surface area contributed by atoms with E-state index in [1.54, 1.807) is 24.3 Å². The minimum atomic E-state index is -4.64. The molecule has 11 heteroatoms. The van der Waals surface area contributed by atoms with Crippen molar-refractivity contribution >= 4 is 33.2 Å². The second kappa shape index (κ2) is 9.61. The van der Waals surface area contributed by atoms with Gasteiger partial charge in [0.1, 0.15) is 10.8 Å². The molecule has 1 amide bonds. The number of para-hydroxylation sites is 1. The molecule has 0 unspecified atom stereocenters. The van der Waals surface area contributed by atoms with Gasteiger partial charge in [0.15, 0.2) is 9.84 Å². The maximum atomic E-state index is 12.9. The van der Waals surface area contributed by atoms with E-state index in [0.29, 0.717) is 16.8 Å². The summed E-state index contributed by atoms with van der Waals surface area (Å²) in [6.45, 7) is 0. The summed E-state index contributed by atoms with van der Waals surface area (Å²) in [5, 5.41) is 12.8. The van der Waals surface area contributed by atoms with Gasteiger partial charge in [-0.2, -0.15) is 13.2 Å². The molecule has 0 aliphatic carbocycles. The number of thioether (sulfide) groups is 1. The minimum Gasteiger partial charge on any atom is -0.507 e. The number of aromatic nitrogens is 1. The quantitative estimate of drug-likeness (QED) is 0.477. The van der Waals surface area contributed by atoms with Gasteiger partial charge in [-0.05, 0) is 42.5 Å². The highest BCUT2D eigenvalue weighted by molar-refractivity contribution is 8.00. The van der Waals surface area contributed by atoms with Crippen molar-refractivity contribution in [2.75, 3.05) is 16.8 Å². The SMILES string of the molecule is O=C(Nc1cccnc1SCCS(=O)(=O)c1cccc(C(F)(F)F)c1)c1ccccc1O. The normalized spacial score (nSPS) is 11.8. The topological polar surface area (TPSA) is 96.4 Å². The van der Waals surface area contributed by atoms with Crippen LogP contribution in [0.5, 0.6) is 5.75 Å². The van der Waals surface area contributed by atoms with E-state index < -0.39 is 38.1 Å². The molecular formula is C21H17F3N2O4S2. The van der Waals surface area contributed by atoms with Crippen molar-refractivity contribution in [2.45, 2.75) is 16.1 Å². The third kappa shape index (κ3) is 5.80. The average Bonchev–Trinajstić information content (AvgIpc) is 2.74. The number of nitrogens with one attached hydrogen (secondary N) is 1. The molecule has 0 atom stereocenters. The molecule has 0 aliphatic rings. The molecule has 0 bridgehead atoms. The van der Waals surface area contributed by atoms with Gasteiger partial charge in [0.05, 0.1) is 27.5 Å². The van der Waals surface area contributed by atoms with Crippen molar-refractivity contribution in [1.82, 2.24) is 4.98 Å². The van der Waals surface area contributed by atoms with Crippen LogP contribution in [-0.4, -0.2) is 35.9 Å². The van der Waals surface area contributed by atoms with Crippen molar-refractivity contribution in [3.8, 4) is 5.75 Å². The lowest BCUT2D eigenvalue weighted by atomic mass is 10.2. The van der Waals surface area contributed by atoms with Crippen molar-refractivity contribution < 1.29 is 31.5 Å². The highest BCUT2D eigenvalue weighted by Gasteiger charge is 2.31. The first-order valence-electron chi connectivity index (χ1n) is 9.15. The van der Waals surface area contributed by atoms with Gasteiger partial charge in [-0.3, -0.25) is 4.79 Å². The number of anilines is 1. The molecule has 3 rings (SSSR count). The fourth-order valence-corrected chi connectivity index (χ4v) is 5.33. The lowest BCUT2D eigenvalue weighted by molar-refractivity contribution is -0.137. The zero-order valence-electron chi connectivity index (χ0n) is 16.3. The molecule has 0 radical (unpaired) electrons. The molecule has 168 valence electrons. The number of benzene rings is 2. The summed E-state index contributed by atoms with van der Waals surface area (Å²) >= 11 is 1.03. The average molecular weight is 483 g/mol. The predicted octanol–water partition coefficient (Wildman–Crippen LogP) is 4.62. The van der Waals surface area contributed by atoms with Crippen LogP contribution in [0.2, 0.25) is 0 Å². The Morgan fingerprint density at radius 1 is 1.06 bits per heavy atom. The number of rotatable bonds is 7. The highest BCUT2D eigenvalue weighted by atomic mass is 32.2. The number of carbonyl (C=O) groups is 1. The number of hydrogen-bond donors (Lipinski definition) is 2. The van der Waals surface area contributed by atoms with Crippen LogP contribution in [0.15, 0.2) is 76.8 Å². The number of nitrogens with zero attached hydrogens (tertiary/aromatic N) is 1. The van der Waals surface area contributed by atoms with E-state index >= 15 is 0 Å². The zero-order chi connectivity index (χ0) is 23.4. The Hall–Kier alpha value is -3.05. The van der Waals surface area contributed by atoms with Gasteiger partial charge in [-0.15, -0.1) is 11.8 Å². The number of carbonyl (C=O) groups excluding carboxylic acids is 1. The van der Waals surface area contributed by atoms with E-state index in [1.165, 1.54) is 18.3 Å². The first kappa shape index (κ1) is 23.6. The first-order valence-corrected chi connectivity index (χ1v) is 11.8. The summed E-state index contributed by atoms with van der Waals surface area (Å²) in [7, 11) is -3.97. The molecular weight excluding hydrogens is 465 g/mol. The largest absolute Gasteiger partial charge is 0.507 e. The van der Waals surface area contributed by atoms with Crippen molar-refractivity contribution in [3.63, 3.8) is 0 Å². The third-order valence-electron chi connectivity index (χ3n) is 4.28. The first-order chi connectivity index (χ1) is 15.1. The Kier molecular flexibility index (Phi) is 7.09. The van der Waals surface area contributed by atoms with Gasteiger partial charge >= 0.3 is 6.18 Å². The van der Waals surface area contributed by atoms with Crippen LogP contribution in [0.1, 0.15) is 15.9 Å². The molecule has 0 saturated carbocycles.